The minimum atomic E-state index is -0.880. The number of methoxy groups -OCH3 is 2. The molecule has 3 aliphatic heterocycles. The van der Waals surface area contributed by atoms with Gasteiger partial charge in [0.25, 0.3) is 11.8 Å². The van der Waals surface area contributed by atoms with Crippen LogP contribution in [-0.4, -0.2) is 81.8 Å². The Hall–Kier alpha value is -7.72. The molecule has 3 N–H and O–H groups in total. The standard InChI is InChI=1S/C53H47N7O6/c1-65-52(63)57-46(33-9-5-3-6-10-33)50(61)59-42-25-36(42)27-44(59)41-24-38(29-54-41)32-18-15-30(16-19-32)13-14-31-17-21-39-35(23-31)20-22-40-48(39)56-49(55-40)45-28-37-26-43(37)60(45)51(62)47(58-53(64)66-2)34-11-7-4-8-12-34/h3-12,15-23,29,36-37,42-47H,24-28H2,1-2H3,(H,55,56)(H,57,63)(H,58,64)/t36-,37-,42-,43-,44+,45+,46-,47-/m1/s1. The van der Waals surface area contributed by atoms with Crippen LogP contribution < -0.4 is 10.6 Å². The molecule has 6 aromatic rings. The Balaban J connectivity index is 0.765. The van der Waals surface area contributed by atoms with Gasteiger partial charge in [-0.2, -0.15) is 0 Å². The molecule has 0 unspecified atom stereocenters. The molecule has 0 spiro atoms. The van der Waals surface area contributed by atoms with Crippen molar-refractivity contribution in [2.75, 3.05) is 14.2 Å². The SMILES string of the molecule is COC(=O)N[C@@H](C(=O)N1[C@@H]2C[C@@H]2C[C@H]1C1=NC=C(c2ccc(C#Cc3ccc4c(ccc5[nH]c([C@@H]6C[C@H]7C[C@H]7N6C(=O)[C@H](NC(=O)OC)c6ccccc6)nc54)c3)cc2)C1)c1ccccc1. The van der Waals surface area contributed by atoms with E-state index in [0.29, 0.717) is 29.4 Å². The molecule has 66 heavy (non-hydrogen) atoms. The van der Waals surface area contributed by atoms with E-state index < -0.39 is 24.3 Å². The van der Waals surface area contributed by atoms with Crippen molar-refractivity contribution in [1.82, 2.24) is 30.4 Å². The molecule has 13 heteroatoms. The summed E-state index contributed by atoms with van der Waals surface area (Å²) >= 11 is 0. The molecule has 4 heterocycles. The van der Waals surface area contributed by atoms with Gasteiger partial charge in [-0.25, -0.2) is 14.6 Å². The number of nitrogens with one attached hydrogen (secondary N) is 3. The largest absolute Gasteiger partial charge is 0.453 e. The lowest BCUT2D eigenvalue weighted by molar-refractivity contribution is -0.136. The van der Waals surface area contributed by atoms with Crippen molar-refractivity contribution in [2.24, 2.45) is 16.8 Å². The van der Waals surface area contributed by atoms with Crippen molar-refractivity contribution in [3.63, 3.8) is 0 Å². The van der Waals surface area contributed by atoms with Crippen molar-refractivity contribution in [2.45, 2.75) is 68.4 Å². The molecule has 0 bridgehead atoms. The molecule has 4 fully saturated rings. The number of hydrogen-bond donors (Lipinski definition) is 3. The lowest BCUT2D eigenvalue weighted by Gasteiger charge is -2.32. The highest BCUT2D eigenvalue weighted by Gasteiger charge is 2.57. The summed E-state index contributed by atoms with van der Waals surface area (Å²) in [6.45, 7) is 0. The molecule has 8 atom stereocenters. The number of carbonyl (C=O) groups excluding carboxylic acids is 4. The van der Waals surface area contributed by atoms with Crippen LogP contribution in [0.4, 0.5) is 9.59 Å². The highest BCUT2D eigenvalue weighted by molar-refractivity contribution is 6.05. The third kappa shape index (κ3) is 7.62. The Bertz CT molecular complexity index is 3050. The quantitative estimate of drug-likeness (QED) is 0.124. The number of hydrogen-bond acceptors (Lipinski definition) is 8. The Morgan fingerprint density at radius 1 is 0.682 bits per heavy atom. The maximum atomic E-state index is 14.3. The first-order valence-electron chi connectivity index (χ1n) is 22.5. The fourth-order valence-electron chi connectivity index (χ4n) is 10.4. The Morgan fingerprint density at radius 3 is 1.88 bits per heavy atom. The first-order valence-corrected chi connectivity index (χ1v) is 22.5. The van der Waals surface area contributed by atoms with E-state index in [-0.39, 0.29) is 36.0 Å². The van der Waals surface area contributed by atoms with Crippen LogP contribution in [0.5, 0.6) is 0 Å². The number of carbonyl (C=O) groups is 4. The number of fused-ring (bicyclic) bond motifs is 5. The van der Waals surface area contributed by atoms with Gasteiger partial charge >= 0.3 is 12.2 Å². The van der Waals surface area contributed by atoms with Crippen LogP contribution in [0.1, 0.15) is 83.9 Å². The molecule has 1 aromatic heterocycles. The van der Waals surface area contributed by atoms with E-state index in [1.807, 2.05) is 101 Å². The summed E-state index contributed by atoms with van der Waals surface area (Å²) in [7, 11) is 2.59. The van der Waals surface area contributed by atoms with Crippen LogP contribution in [0, 0.1) is 23.7 Å². The second-order valence-corrected chi connectivity index (χ2v) is 17.9. The van der Waals surface area contributed by atoms with Crippen LogP contribution >= 0.6 is 0 Å². The van der Waals surface area contributed by atoms with Gasteiger partial charge in [-0.1, -0.05) is 96.8 Å². The van der Waals surface area contributed by atoms with Gasteiger partial charge in [0.15, 0.2) is 0 Å². The highest BCUT2D eigenvalue weighted by Crippen LogP contribution is 2.54. The summed E-state index contributed by atoms with van der Waals surface area (Å²) in [5.74, 6) is 7.93. The molecule has 330 valence electrons. The van der Waals surface area contributed by atoms with Gasteiger partial charge in [-0.3, -0.25) is 14.6 Å². The van der Waals surface area contributed by atoms with E-state index in [0.717, 1.165) is 81.3 Å². The third-order valence-electron chi connectivity index (χ3n) is 13.9. The van der Waals surface area contributed by atoms with Crippen molar-refractivity contribution >= 4 is 57.1 Å². The Kier molecular flexibility index (Phi) is 10.4. The summed E-state index contributed by atoms with van der Waals surface area (Å²) in [4.78, 5) is 70.5. The van der Waals surface area contributed by atoms with Crippen LogP contribution in [0.15, 0.2) is 126 Å². The molecule has 13 nitrogen and oxygen atoms in total. The molecule has 2 saturated heterocycles. The first kappa shape index (κ1) is 41.0. The van der Waals surface area contributed by atoms with Crippen LogP contribution in [0.2, 0.25) is 0 Å². The van der Waals surface area contributed by atoms with E-state index in [1.165, 1.54) is 14.2 Å². The van der Waals surface area contributed by atoms with E-state index in [1.54, 1.807) is 0 Å². The highest BCUT2D eigenvalue weighted by atomic mass is 16.5. The first-order chi connectivity index (χ1) is 32.2. The minimum absolute atomic E-state index is 0.105. The van der Waals surface area contributed by atoms with E-state index in [4.69, 9.17) is 19.5 Å². The smallest absolute Gasteiger partial charge is 0.407 e. The van der Waals surface area contributed by atoms with Gasteiger partial charge in [0, 0.05) is 46.9 Å². The van der Waals surface area contributed by atoms with Gasteiger partial charge in [0.1, 0.15) is 17.9 Å². The molecule has 2 aliphatic carbocycles. The van der Waals surface area contributed by atoms with Gasteiger partial charge in [-0.05, 0) is 95.5 Å². The zero-order chi connectivity index (χ0) is 45.1. The number of aromatic amines is 1. The number of allylic oxidation sites excluding steroid dienone is 1. The summed E-state index contributed by atoms with van der Waals surface area (Å²) in [6.07, 6.45) is 4.82. The second kappa shape index (κ2) is 16.7. The number of ether oxygens (including phenoxy) is 2. The summed E-state index contributed by atoms with van der Waals surface area (Å²) < 4.78 is 9.77. The molecule has 2 saturated carbocycles. The average molecular weight is 878 g/mol. The fourth-order valence-corrected chi connectivity index (χ4v) is 10.4. The Morgan fingerprint density at radius 2 is 1.26 bits per heavy atom. The predicted octanol–water partition coefficient (Wildman–Crippen LogP) is 8.15. The molecule has 5 aromatic carbocycles. The summed E-state index contributed by atoms with van der Waals surface area (Å²) in [5.41, 5.74) is 8.00. The third-order valence-corrected chi connectivity index (χ3v) is 13.9. The van der Waals surface area contributed by atoms with Crippen molar-refractivity contribution in [3.05, 3.63) is 155 Å². The van der Waals surface area contributed by atoms with Crippen molar-refractivity contribution in [1.29, 1.82) is 0 Å². The Labute approximate surface area is 381 Å². The van der Waals surface area contributed by atoms with Crippen LogP contribution in [0.25, 0.3) is 27.4 Å². The lowest BCUT2D eigenvalue weighted by Crippen LogP contribution is -2.49. The molecular formula is C53H47N7O6. The van der Waals surface area contributed by atoms with Gasteiger partial charge < -0.3 is 34.9 Å². The van der Waals surface area contributed by atoms with Crippen LogP contribution in [-0.2, 0) is 19.1 Å². The topological polar surface area (TPSA) is 158 Å². The van der Waals surface area contributed by atoms with Gasteiger partial charge in [-0.15, -0.1) is 0 Å². The number of alkyl carbamates (subject to hydrolysis) is 2. The zero-order valence-corrected chi connectivity index (χ0v) is 36.4. The van der Waals surface area contributed by atoms with Crippen molar-refractivity contribution < 1.29 is 28.7 Å². The summed E-state index contributed by atoms with van der Waals surface area (Å²) in [6, 6.07) is 35.1. The molecule has 0 radical (unpaired) electrons. The molecule has 5 aliphatic rings. The maximum Gasteiger partial charge on any atom is 0.407 e. The number of amides is 4. The summed E-state index contributed by atoms with van der Waals surface area (Å²) in [5, 5.41) is 7.54. The molecule has 4 amide bonds. The maximum absolute atomic E-state index is 14.3. The number of piperidine rings is 2. The number of likely N-dealkylation sites (tertiary alicyclic amines) is 2. The number of benzene rings is 5. The monoisotopic (exact) mass is 877 g/mol. The number of nitrogens with zero attached hydrogens (tertiary/aromatic N) is 4. The normalized spacial score (nSPS) is 23.1. The van der Waals surface area contributed by atoms with E-state index in [9.17, 15) is 19.2 Å². The van der Waals surface area contributed by atoms with E-state index in [2.05, 4.69) is 57.8 Å². The van der Waals surface area contributed by atoms with Gasteiger partial charge in [0.2, 0.25) is 0 Å². The van der Waals surface area contributed by atoms with E-state index >= 15 is 0 Å². The average Bonchev–Trinajstić information content (AvgIpc) is 3.97. The second-order valence-electron chi connectivity index (χ2n) is 17.9. The number of H-pyrrole nitrogens is 1. The fraction of sp³-hybridized carbons (Fsp3) is 0.283. The lowest BCUT2D eigenvalue weighted by atomic mass is 9.96. The zero-order valence-electron chi connectivity index (χ0n) is 36.4. The van der Waals surface area contributed by atoms with Crippen molar-refractivity contribution in [3.8, 4) is 11.8 Å². The predicted molar refractivity (Wildman–Crippen MR) is 249 cm³/mol. The number of imidazole rings is 1. The number of rotatable bonds is 9. The number of aromatic nitrogens is 2. The molecular weight excluding hydrogens is 831 g/mol. The van der Waals surface area contributed by atoms with Crippen LogP contribution in [0.3, 0.4) is 0 Å². The van der Waals surface area contributed by atoms with Gasteiger partial charge in [0.05, 0.1) is 37.3 Å². The number of aliphatic imine (C=N–C) groups is 1. The minimum Gasteiger partial charge on any atom is -0.453 e. The molecule has 11 rings (SSSR count).